The van der Waals surface area contributed by atoms with Crippen LogP contribution in [0, 0.1) is 11.3 Å². The van der Waals surface area contributed by atoms with Crippen molar-refractivity contribution in [1.29, 1.82) is 5.26 Å². The zero-order valence-corrected chi connectivity index (χ0v) is 23.6. The minimum absolute atomic E-state index is 0.0670. The summed E-state index contributed by atoms with van der Waals surface area (Å²) >= 11 is 0. The van der Waals surface area contributed by atoms with Gasteiger partial charge in [-0.05, 0) is 64.2 Å². The van der Waals surface area contributed by atoms with E-state index < -0.39 is 34.8 Å². The first-order chi connectivity index (χ1) is 19.4. The largest absolute Gasteiger partial charge is 0.417 e. The van der Waals surface area contributed by atoms with Crippen LogP contribution in [0.4, 0.5) is 23.7 Å². The fourth-order valence-corrected chi connectivity index (χ4v) is 4.80. The van der Waals surface area contributed by atoms with Gasteiger partial charge in [0, 0.05) is 32.8 Å². The number of aromatic nitrogens is 3. The van der Waals surface area contributed by atoms with E-state index in [1.54, 1.807) is 25.6 Å². The molecule has 1 aromatic heterocycles. The Balaban J connectivity index is 1.48. The summed E-state index contributed by atoms with van der Waals surface area (Å²) in [5.41, 5.74) is -2.42. The summed E-state index contributed by atoms with van der Waals surface area (Å²) in [4.78, 5) is 39.6. The normalized spacial score (nSPS) is 15.0. The SMILES string of the molecule is CNC(=O)CCCCCCCn1cc(CCCCN2C(=O)N(c3ccc(C#N)c(C(F)(F)F)c3)C(=O)C2(C)C)nn1. The summed E-state index contributed by atoms with van der Waals surface area (Å²) in [5.74, 6) is -0.563. The van der Waals surface area contributed by atoms with Crippen molar-refractivity contribution < 1.29 is 27.6 Å². The Kier molecular flexibility index (Phi) is 10.5. The second-order valence-corrected chi connectivity index (χ2v) is 10.6. The molecule has 0 bridgehead atoms. The van der Waals surface area contributed by atoms with Crippen LogP contribution in [0.5, 0.6) is 0 Å². The van der Waals surface area contributed by atoms with Crippen molar-refractivity contribution in [3.63, 3.8) is 0 Å². The molecule has 1 fully saturated rings. The first-order valence-electron chi connectivity index (χ1n) is 13.8. The number of carbonyl (C=O) groups excluding carboxylic acids is 3. The predicted octanol–water partition coefficient (Wildman–Crippen LogP) is 4.83. The van der Waals surface area contributed by atoms with E-state index >= 15 is 0 Å². The zero-order chi connectivity index (χ0) is 30.2. The van der Waals surface area contributed by atoms with Crippen LogP contribution in [0.3, 0.4) is 0 Å². The molecular formula is C28H36F3N7O3. The highest BCUT2D eigenvalue weighted by Gasteiger charge is 2.51. The summed E-state index contributed by atoms with van der Waals surface area (Å²) in [5, 5.41) is 20.0. The number of rotatable bonds is 14. The van der Waals surface area contributed by atoms with E-state index in [0.29, 0.717) is 31.7 Å². The van der Waals surface area contributed by atoms with Gasteiger partial charge >= 0.3 is 12.2 Å². The van der Waals surface area contributed by atoms with E-state index in [2.05, 4.69) is 15.6 Å². The highest BCUT2D eigenvalue weighted by molar-refractivity contribution is 6.23. The molecule has 0 unspecified atom stereocenters. The minimum atomic E-state index is -4.81. The molecule has 222 valence electrons. The summed E-state index contributed by atoms with van der Waals surface area (Å²) in [6, 6.07) is 3.62. The molecule has 2 aromatic rings. The monoisotopic (exact) mass is 575 g/mol. The maximum Gasteiger partial charge on any atom is 0.417 e. The Morgan fingerprint density at radius 1 is 1.05 bits per heavy atom. The summed E-state index contributed by atoms with van der Waals surface area (Å²) in [6.45, 7) is 4.12. The number of unbranched alkanes of at least 4 members (excludes halogenated alkanes) is 5. The maximum atomic E-state index is 13.5. The van der Waals surface area contributed by atoms with Crippen LogP contribution >= 0.6 is 0 Å². The topological polar surface area (TPSA) is 124 Å². The van der Waals surface area contributed by atoms with Crippen LogP contribution < -0.4 is 10.2 Å². The zero-order valence-electron chi connectivity index (χ0n) is 23.6. The van der Waals surface area contributed by atoms with Gasteiger partial charge < -0.3 is 10.2 Å². The quantitative estimate of drug-likeness (QED) is 0.254. The Bertz CT molecular complexity index is 1280. The van der Waals surface area contributed by atoms with E-state index in [-0.39, 0.29) is 18.1 Å². The average Bonchev–Trinajstić information content (AvgIpc) is 3.44. The smallest absolute Gasteiger partial charge is 0.359 e. The molecule has 1 aromatic carbocycles. The Morgan fingerprint density at radius 2 is 1.73 bits per heavy atom. The number of imide groups is 1. The number of nitriles is 1. The van der Waals surface area contributed by atoms with Crippen molar-refractivity contribution in [3.05, 3.63) is 41.2 Å². The molecular weight excluding hydrogens is 539 g/mol. The van der Waals surface area contributed by atoms with Crippen molar-refractivity contribution in [2.45, 2.75) is 89.9 Å². The van der Waals surface area contributed by atoms with Crippen molar-refractivity contribution in [3.8, 4) is 6.07 Å². The number of carbonyl (C=O) groups is 3. The average molecular weight is 576 g/mol. The third-order valence-corrected chi connectivity index (χ3v) is 7.23. The van der Waals surface area contributed by atoms with E-state index in [0.717, 1.165) is 55.3 Å². The number of anilines is 1. The van der Waals surface area contributed by atoms with Crippen LogP contribution in [0.2, 0.25) is 0 Å². The fourth-order valence-electron chi connectivity index (χ4n) is 4.80. The molecule has 1 aliphatic rings. The second kappa shape index (κ2) is 13.6. The first kappa shape index (κ1) is 31.6. The van der Waals surface area contributed by atoms with E-state index in [9.17, 15) is 27.6 Å². The fraction of sp³-hybridized carbons (Fsp3) is 0.571. The molecule has 1 N–H and O–H groups in total. The maximum absolute atomic E-state index is 13.5. The lowest BCUT2D eigenvalue weighted by Gasteiger charge is -2.27. The lowest BCUT2D eigenvalue weighted by molar-refractivity contribution is -0.137. The van der Waals surface area contributed by atoms with Crippen LogP contribution in [-0.4, -0.2) is 56.9 Å². The Labute approximate surface area is 237 Å². The molecule has 10 nitrogen and oxygen atoms in total. The molecule has 0 atom stereocenters. The number of hydrogen-bond acceptors (Lipinski definition) is 6. The van der Waals surface area contributed by atoms with Gasteiger partial charge in [-0.25, -0.2) is 9.69 Å². The molecule has 3 rings (SSSR count). The predicted molar refractivity (Wildman–Crippen MR) is 145 cm³/mol. The van der Waals surface area contributed by atoms with E-state index in [1.807, 2.05) is 6.20 Å². The van der Waals surface area contributed by atoms with Gasteiger partial charge in [0.15, 0.2) is 0 Å². The number of alkyl halides is 3. The molecule has 0 spiro atoms. The van der Waals surface area contributed by atoms with Gasteiger partial charge in [0.2, 0.25) is 5.91 Å². The van der Waals surface area contributed by atoms with Crippen molar-refractivity contribution in [1.82, 2.24) is 25.2 Å². The summed E-state index contributed by atoms with van der Waals surface area (Å²) < 4.78 is 42.2. The number of amides is 4. The third-order valence-electron chi connectivity index (χ3n) is 7.23. The van der Waals surface area contributed by atoms with Crippen LogP contribution in [0.1, 0.15) is 82.0 Å². The highest BCUT2D eigenvalue weighted by atomic mass is 19.4. The summed E-state index contributed by atoms with van der Waals surface area (Å²) in [7, 11) is 1.64. The number of halogens is 3. The molecule has 0 radical (unpaired) electrons. The summed E-state index contributed by atoms with van der Waals surface area (Å²) in [6.07, 6.45) is 4.45. The van der Waals surface area contributed by atoms with Crippen LogP contribution in [0.15, 0.2) is 24.4 Å². The lowest BCUT2D eigenvalue weighted by Crippen LogP contribution is -2.44. The molecule has 4 amide bonds. The molecule has 1 saturated heterocycles. The van der Waals surface area contributed by atoms with Gasteiger partial charge in [0.25, 0.3) is 5.91 Å². The van der Waals surface area contributed by atoms with Gasteiger partial charge in [0.05, 0.1) is 28.6 Å². The Hall–Kier alpha value is -3.95. The first-order valence-corrected chi connectivity index (χ1v) is 13.8. The molecule has 1 aliphatic heterocycles. The van der Waals surface area contributed by atoms with Crippen molar-refractivity contribution in [2.75, 3.05) is 18.5 Å². The number of aryl methyl sites for hydroxylation is 2. The van der Waals surface area contributed by atoms with Gasteiger partial charge in [-0.1, -0.05) is 24.5 Å². The minimum Gasteiger partial charge on any atom is -0.359 e. The van der Waals surface area contributed by atoms with Gasteiger partial charge in [-0.3, -0.25) is 14.3 Å². The third kappa shape index (κ3) is 7.83. The van der Waals surface area contributed by atoms with Gasteiger partial charge in [0.1, 0.15) is 5.54 Å². The highest BCUT2D eigenvalue weighted by Crippen LogP contribution is 2.37. The van der Waals surface area contributed by atoms with Crippen molar-refractivity contribution >= 4 is 23.5 Å². The molecule has 2 heterocycles. The number of hydrogen-bond donors (Lipinski definition) is 1. The van der Waals surface area contributed by atoms with E-state index in [1.165, 1.54) is 17.0 Å². The van der Waals surface area contributed by atoms with Crippen LogP contribution in [0.25, 0.3) is 0 Å². The van der Waals surface area contributed by atoms with Crippen LogP contribution in [-0.2, 0) is 28.7 Å². The second-order valence-electron chi connectivity index (χ2n) is 10.6. The number of nitrogens with zero attached hydrogens (tertiary/aromatic N) is 6. The molecule has 13 heteroatoms. The Morgan fingerprint density at radius 3 is 2.41 bits per heavy atom. The molecule has 41 heavy (non-hydrogen) atoms. The number of nitrogens with one attached hydrogen (secondary N) is 1. The molecule has 0 aliphatic carbocycles. The van der Waals surface area contributed by atoms with Crippen molar-refractivity contribution in [2.24, 2.45) is 0 Å². The lowest BCUT2D eigenvalue weighted by atomic mass is 10.0. The van der Waals surface area contributed by atoms with Gasteiger partial charge in [-0.15, -0.1) is 5.10 Å². The molecule has 0 saturated carbocycles. The number of benzene rings is 1. The van der Waals surface area contributed by atoms with Gasteiger partial charge in [-0.2, -0.15) is 18.4 Å². The van der Waals surface area contributed by atoms with E-state index in [4.69, 9.17) is 5.26 Å². The standard InChI is InChI=1S/C28H36F3N7O3/c1-27(2)25(40)38(22-14-13-20(18-32)23(17-22)28(29,30)31)26(41)37(27)16-10-8-11-21-19-36(35-34-21)15-9-6-4-5-7-12-24(39)33-3/h13-14,17,19H,4-12,15-16H2,1-3H3,(H,33,39). The number of urea groups is 1.